The molecule has 0 aliphatic heterocycles. The first-order valence-electron chi connectivity index (χ1n) is 5.29. The van der Waals surface area contributed by atoms with Crippen molar-refractivity contribution in [1.82, 2.24) is 0 Å². The van der Waals surface area contributed by atoms with Gasteiger partial charge in [0, 0.05) is 10.6 Å². The van der Waals surface area contributed by atoms with Gasteiger partial charge in [0.25, 0.3) is 5.91 Å². The van der Waals surface area contributed by atoms with Crippen LogP contribution in [0.25, 0.3) is 0 Å². The maximum Gasteiger partial charge on any atom is 0.255 e. The van der Waals surface area contributed by atoms with Crippen molar-refractivity contribution in [3.63, 3.8) is 0 Å². The molecule has 3 nitrogen and oxygen atoms in total. The molecule has 2 rings (SSSR count). The van der Waals surface area contributed by atoms with Gasteiger partial charge >= 0.3 is 0 Å². The molecule has 0 saturated heterocycles. The summed E-state index contributed by atoms with van der Waals surface area (Å²) in [6.45, 7) is 0. The Labute approximate surface area is 125 Å². The Kier molecular flexibility index (Phi) is 4.20. The van der Waals surface area contributed by atoms with Crippen molar-refractivity contribution in [2.75, 3.05) is 11.1 Å². The summed E-state index contributed by atoms with van der Waals surface area (Å²) in [4.78, 5) is 12.0. The average Bonchev–Trinajstić information content (AvgIpc) is 2.36. The van der Waals surface area contributed by atoms with Crippen molar-refractivity contribution in [1.29, 1.82) is 0 Å². The molecular formula is C13H9Cl3N2O. The third-order valence-corrected chi connectivity index (χ3v) is 3.42. The molecule has 0 heterocycles. The molecule has 0 aromatic heterocycles. The van der Waals surface area contributed by atoms with Gasteiger partial charge in [-0.3, -0.25) is 4.79 Å². The van der Waals surface area contributed by atoms with Crippen LogP contribution in [0.5, 0.6) is 0 Å². The molecule has 19 heavy (non-hydrogen) atoms. The molecule has 2 aromatic rings. The first-order valence-corrected chi connectivity index (χ1v) is 6.42. The first-order chi connectivity index (χ1) is 8.97. The highest BCUT2D eigenvalue weighted by atomic mass is 35.5. The number of nitrogens with one attached hydrogen (secondary N) is 1. The lowest BCUT2D eigenvalue weighted by atomic mass is 10.2. The lowest BCUT2D eigenvalue weighted by Gasteiger charge is -2.09. The third-order valence-electron chi connectivity index (χ3n) is 2.44. The molecule has 0 fully saturated rings. The van der Waals surface area contributed by atoms with Gasteiger partial charge in [-0.15, -0.1) is 0 Å². The van der Waals surface area contributed by atoms with Crippen LogP contribution in [0.4, 0.5) is 11.4 Å². The summed E-state index contributed by atoms with van der Waals surface area (Å²) >= 11 is 17.4. The molecule has 0 radical (unpaired) electrons. The van der Waals surface area contributed by atoms with E-state index in [4.69, 9.17) is 40.5 Å². The molecule has 0 aliphatic rings. The van der Waals surface area contributed by atoms with E-state index in [1.807, 2.05) is 0 Å². The molecule has 1 amide bonds. The van der Waals surface area contributed by atoms with Crippen molar-refractivity contribution >= 4 is 52.1 Å². The Morgan fingerprint density at radius 1 is 1.00 bits per heavy atom. The van der Waals surface area contributed by atoms with E-state index in [2.05, 4.69) is 5.32 Å². The van der Waals surface area contributed by atoms with Gasteiger partial charge in [0.2, 0.25) is 0 Å². The maximum atomic E-state index is 12.0. The topological polar surface area (TPSA) is 55.1 Å². The van der Waals surface area contributed by atoms with E-state index in [-0.39, 0.29) is 5.91 Å². The normalized spacial score (nSPS) is 10.3. The molecule has 3 N–H and O–H groups in total. The zero-order chi connectivity index (χ0) is 14.0. The van der Waals surface area contributed by atoms with Crippen LogP contribution in [0.2, 0.25) is 15.1 Å². The number of carbonyl (C=O) groups excluding carboxylic acids is 1. The van der Waals surface area contributed by atoms with E-state index < -0.39 is 0 Å². The number of nitrogens with two attached hydrogens (primary N) is 1. The quantitative estimate of drug-likeness (QED) is 0.803. The summed E-state index contributed by atoms with van der Waals surface area (Å²) < 4.78 is 0. The lowest BCUT2D eigenvalue weighted by molar-refractivity contribution is 0.102. The largest absolute Gasteiger partial charge is 0.397 e. The van der Waals surface area contributed by atoms with Crippen molar-refractivity contribution < 1.29 is 4.79 Å². The van der Waals surface area contributed by atoms with E-state index in [1.165, 1.54) is 6.07 Å². The van der Waals surface area contributed by atoms with Gasteiger partial charge < -0.3 is 11.1 Å². The Morgan fingerprint density at radius 3 is 2.37 bits per heavy atom. The summed E-state index contributed by atoms with van der Waals surface area (Å²) in [5, 5.41) is 3.89. The van der Waals surface area contributed by atoms with E-state index in [9.17, 15) is 4.79 Å². The van der Waals surface area contributed by atoms with Crippen LogP contribution in [0.15, 0.2) is 36.4 Å². The second-order valence-corrected chi connectivity index (χ2v) is 5.07. The molecule has 0 unspecified atom stereocenters. The molecule has 6 heteroatoms. The molecule has 98 valence electrons. The number of amides is 1. The van der Waals surface area contributed by atoms with Gasteiger partial charge in [-0.1, -0.05) is 34.8 Å². The highest BCUT2D eigenvalue weighted by Crippen LogP contribution is 2.25. The van der Waals surface area contributed by atoms with Crippen LogP contribution >= 0.6 is 34.8 Å². The first kappa shape index (κ1) is 14.0. The second kappa shape index (κ2) is 5.70. The summed E-state index contributed by atoms with van der Waals surface area (Å²) in [7, 11) is 0. The fourth-order valence-electron chi connectivity index (χ4n) is 1.48. The standard InChI is InChI=1S/C13H9Cl3N2O/c14-8-2-4-12(11(17)6-8)18-13(19)7-1-3-9(15)10(16)5-7/h1-6H,17H2,(H,18,19). The minimum atomic E-state index is -0.326. The van der Waals surface area contributed by atoms with Crippen molar-refractivity contribution in [3.05, 3.63) is 57.0 Å². The second-order valence-electron chi connectivity index (χ2n) is 3.81. The number of nitrogen functional groups attached to an aromatic ring is 1. The van der Waals surface area contributed by atoms with E-state index in [0.29, 0.717) is 32.0 Å². The number of anilines is 2. The van der Waals surface area contributed by atoms with Crippen LogP contribution in [0, 0.1) is 0 Å². The molecule has 0 spiro atoms. The van der Waals surface area contributed by atoms with E-state index in [1.54, 1.807) is 30.3 Å². The number of hydrogen-bond donors (Lipinski definition) is 2. The number of halogens is 3. The van der Waals surface area contributed by atoms with Gasteiger partial charge in [-0.2, -0.15) is 0 Å². The maximum absolute atomic E-state index is 12.0. The van der Waals surface area contributed by atoms with Crippen LogP contribution in [-0.2, 0) is 0 Å². The highest BCUT2D eigenvalue weighted by molar-refractivity contribution is 6.42. The number of benzene rings is 2. The van der Waals surface area contributed by atoms with Crippen LogP contribution < -0.4 is 11.1 Å². The Morgan fingerprint density at radius 2 is 1.74 bits per heavy atom. The summed E-state index contributed by atoms with van der Waals surface area (Å²) in [6, 6.07) is 9.46. The highest BCUT2D eigenvalue weighted by Gasteiger charge is 2.10. The monoisotopic (exact) mass is 314 g/mol. The van der Waals surface area contributed by atoms with Crippen LogP contribution in [0.3, 0.4) is 0 Å². The van der Waals surface area contributed by atoms with Crippen LogP contribution in [0.1, 0.15) is 10.4 Å². The zero-order valence-corrected chi connectivity index (χ0v) is 11.9. The fourth-order valence-corrected chi connectivity index (χ4v) is 1.96. The smallest absolute Gasteiger partial charge is 0.255 e. The lowest BCUT2D eigenvalue weighted by Crippen LogP contribution is -2.13. The number of rotatable bonds is 2. The van der Waals surface area contributed by atoms with Gasteiger partial charge in [-0.05, 0) is 36.4 Å². The zero-order valence-electron chi connectivity index (χ0n) is 9.58. The number of carbonyl (C=O) groups is 1. The van der Waals surface area contributed by atoms with E-state index in [0.717, 1.165) is 0 Å². The SMILES string of the molecule is Nc1cc(Cl)ccc1NC(=O)c1ccc(Cl)c(Cl)c1. The minimum absolute atomic E-state index is 0.318. The third kappa shape index (κ3) is 3.32. The predicted octanol–water partition coefficient (Wildman–Crippen LogP) is 4.48. The average molecular weight is 316 g/mol. The van der Waals surface area contributed by atoms with Crippen molar-refractivity contribution in [3.8, 4) is 0 Å². The summed E-state index contributed by atoms with van der Waals surface area (Å²) in [5.74, 6) is -0.326. The number of hydrogen-bond acceptors (Lipinski definition) is 2. The minimum Gasteiger partial charge on any atom is -0.397 e. The summed E-state index contributed by atoms with van der Waals surface area (Å²) in [6.07, 6.45) is 0. The summed E-state index contributed by atoms with van der Waals surface area (Å²) in [5.41, 5.74) is 7.02. The van der Waals surface area contributed by atoms with Crippen molar-refractivity contribution in [2.24, 2.45) is 0 Å². The molecule has 2 aromatic carbocycles. The van der Waals surface area contributed by atoms with Gasteiger partial charge in [0.1, 0.15) is 0 Å². The predicted molar refractivity (Wildman–Crippen MR) is 80.3 cm³/mol. The van der Waals surface area contributed by atoms with Gasteiger partial charge in [-0.25, -0.2) is 0 Å². The molecular weight excluding hydrogens is 307 g/mol. The Balaban J connectivity index is 2.23. The molecule has 0 bridgehead atoms. The van der Waals surface area contributed by atoms with E-state index >= 15 is 0 Å². The van der Waals surface area contributed by atoms with Crippen molar-refractivity contribution in [2.45, 2.75) is 0 Å². The fraction of sp³-hybridized carbons (Fsp3) is 0. The van der Waals surface area contributed by atoms with Gasteiger partial charge in [0.05, 0.1) is 21.4 Å². The molecule has 0 saturated carbocycles. The molecule has 0 atom stereocenters. The Bertz CT molecular complexity index is 644. The molecule has 0 aliphatic carbocycles. The van der Waals surface area contributed by atoms with Crippen LogP contribution in [-0.4, -0.2) is 5.91 Å². The van der Waals surface area contributed by atoms with Gasteiger partial charge in [0.15, 0.2) is 0 Å². The Hall–Kier alpha value is -1.42.